The lowest BCUT2D eigenvalue weighted by Gasteiger charge is -2.60. The predicted octanol–water partition coefficient (Wildman–Crippen LogP) is 5.42. The highest BCUT2D eigenvalue weighted by atomic mass is 16.1. The van der Waals surface area contributed by atoms with Crippen LogP contribution in [0.1, 0.15) is 125 Å². The van der Waals surface area contributed by atoms with Gasteiger partial charge in [-0.05, 0) is 171 Å². The summed E-state index contributed by atoms with van der Waals surface area (Å²) in [6.07, 6.45) is 15.7. The summed E-state index contributed by atoms with van der Waals surface area (Å²) in [5, 5.41) is 14.0. The fourth-order valence-corrected chi connectivity index (χ4v) is 10.5. The zero-order valence-corrected chi connectivity index (χ0v) is 29.2. The summed E-state index contributed by atoms with van der Waals surface area (Å²) < 4.78 is 0. The molecule has 254 valence electrons. The van der Waals surface area contributed by atoms with E-state index in [2.05, 4.69) is 42.0 Å². The zero-order chi connectivity index (χ0) is 31.7. The first kappa shape index (κ1) is 35.8. The van der Waals surface area contributed by atoms with Gasteiger partial charge in [0.05, 0.1) is 0 Å². The van der Waals surface area contributed by atoms with Crippen LogP contribution in [0.3, 0.4) is 0 Å². The molecular formula is C37H69N5O2. The lowest BCUT2D eigenvalue weighted by molar-refractivity contribution is -0.157. The van der Waals surface area contributed by atoms with Crippen LogP contribution in [-0.2, 0) is 9.59 Å². The molecule has 4 aliphatic carbocycles. The molecule has 4 unspecified atom stereocenters. The van der Waals surface area contributed by atoms with Gasteiger partial charge in [-0.25, -0.2) is 0 Å². The van der Waals surface area contributed by atoms with E-state index in [1.807, 2.05) is 13.8 Å². The van der Waals surface area contributed by atoms with Gasteiger partial charge in [0.25, 0.3) is 0 Å². The van der Waals surface area contributed by atoms with E-state index in [-0.39, 0.29) is 23.3 Å². The Balaban J connectivity index is 1.20. The number of hydrogen-bond donors (Lipinski definition) is 5. The monoisotopic (exact) mass is 616 g/mol. The molecular weight excluding hydrogens is 546 g/mol. The average molecular weight is 616 g/mol. The van der Waals surface area contributed by atoms with Crippen LogP contribution in [0.4, 0.5) is 0 Å². The number of rotatable bonds is 18. The van der Waals surface area contributed by atoms with Gasteiger partial charge in [0.2, 0.25) is 5.91 Å². The molecule has 1 amide bonds. The zero-order valence-electron chi connectivity index (χ0n) is 29.2. The van der Waals surface area contributed by atoms with Gasteiger partial charge >= 0.3 is 0 Å². The second-order valence-corrected chi connectivity index (χ2v) is 16.2. The van der Waals surface area contributed by atoms with Crippen LogP contribution in [0, 0.1) is 46.3 Å². The molecule has 0 bridgehead atoms. The van der Waals surface area contributed by atoms with Crippen LogP contribution in [0.25, 0.3) is 0 Å². The summed E-state index contributed by atoms with van der Waals surface area (Å²) in [5.74, 6) is 3.87. The molecule has 7 heteroatoms. The first-order valence-electron chi connectivity index (χ1n) is 18.8. The van der Waals surface area contributed by atoms with Gasteiger partial charge in [0, 0.05) is 30.8 Å². The topological polar surface area (TPSA) is 108 Å². The van der Waals surface area contributed by atoms with Gasteiger partial charge in [0.1, 0.15) is 5.78 Å². The second kappa shape index (κ2) is 16.7. The van der Waals surface area contributed by atoms with Crippen LogP contribution in [0.5, 0.6) is 0 Å². The highest BCUT2D eigenvalue weighted by molar-refractivity contribution is 5.83. The number of unbranched alkanes of at least 4 members (excludes halogenated alkanes) is 1. The first-order chi connectivity index (χ1) is 21.1. The van der Waals surface area contributed by atoms with Crippen LogP contribution >= 0.6 is 0 Å². The van der Waals surface area contributed by atoms with Crippen molar-refractivity contribution in [3.8, 4) is 0 Å². The molecule has 0 aromatic heterocycles. The minimum Gasteiger partial charge on any atom is -0.354 e. The Morgan fingerprint density at radius 3 is 2.23 bits per heavy atom. The van der Waals surface area contributed by atoms with E-state index in [1.54, 1.807) is 0 Å². The quantitative estimate of drug-likeness (QED) is 0.132. The molecule has 0 saturated heterocycles. The Labute approximate surface area is 270 Å². The number of nitrogens with two attached hydrogens (primary N) is 1. The third kappa shape index (κ3) is 8.66. The number of carbonyl (C=O) groups is 2. The molecule has 4 rings (SSSR count). The summed E-state index contributed by atoms with van der Waals surface area (Å²) in [4.78, 5) is 26.3. The van der Waals surface area contributed by atoms with Gasteiger partial charge in [-0.2, -0.15) is 0 Å². The maximum atomic E-state index is 14.0. The summed E-state index contributed by atoms with van der Waals surface area (Å²) in [7, 11) is 0. The summed E-state index contributed by atoms with van der Waals surface area (Å²) in [5.41, 5.74) is 6.10. The minimum atomic E-state index is 0.187. The maximum Gasteiger partial charge on any atom is 0.220 e. The van der Waals surface area contributed by atoms with E-state index < -0.39 is 0 Å². The molecule has 0 aliphatic heterocycles. The Bertz CT molecular complexity index is 912. The number of carbonyl (C=O) groups excluding carboxylic acids is 2. The normalized spacial score (nSPS) is 35.7. The molecule has 6 N–H and O–H groups in total. The largest absolute Gasteiger partial charge is 0.354 e. The van der Waals surface area contributed by atoms with Gasteiger partial charge < -0.3 is 27.0 Å². The minimum absolute atomic E-state index is 0.187. The highest BCUT2D eigenvalue weighted by Gasteiger charge is 2.63. The van der Waals surface area contributed by atoms with Crippen LogP contribution in [-0.4, -0.2) is 63.0 Å². The van der Waals surface area contributed by atoms with Crippen molar-refractivity contribution < 1.29 is 9.59 Å². The molecule has 4 saturated carbocycles. The number of nitrogens with one attached hydrogen (secondary N) is 4. The fraction of sp³-hybridized carbons (Fsp3) is 0.946. The smallest absolute Gasteiger partial charge is 0.220 e. The van der Waals surface area contributed by atoms with Gasteiger partial charge in [-0.15, -0.1) is 0 Å². The number of hydrogen-bond acceptors (Lipinski definition) is 6. The van der Waals surface area contributed by atoms with Crippen LogP contribution in [0.2, 0.25) is 0 Å². The Morgan fingerprint density at radius 2 is 1.52 bits per heavy atom. The predicted molar refractivity (Wildman–Crippen MR) is 182 cm³/mol. The van der Waals surface area contributed by atoms with Crippen molar-refractivity contribution in [1.29, 1.82) is 0 Å². The molecule has 0 aromatic carbocycles. The number of Topliss-reactive ketones (excluding diaryl/α,β-unsaturated/α-hetero) is 1. The lowest BCUT2D eigenvalue weighted by atomic mass is 9.44. The molecule has 9 atom stereocenters. The molecule has 44 heavy (non-hydrogen) atoms. The average Bonchev–Trinajstić information content (AvgIpc) is 3.34. The van der Waals surface area contributed by atoms with Gasteiger partial charge in [0.15, 0.2) is 0 Å². The summed E-state index contributed by atoms with van der Waals surface area (Å²) >= 11 is 0. The third-order valence-corrected chi connectivity index (χ3v) is 13.0. The molecule has 4 fully saturated rings. The standard InChI is InChI=1S/C37H69N5O2/c1-26(2)42-34(44)13-10-27(3)30-11-12-31-35-32(15-17-37(30,31)5)36(4)16-14-29(24-28(36)25-33(35)43)41-23-9-22-40-20-7-6-19-39-21-8-18-38/h26-32,35,39-41H,6-25,38H2,1-5H3,(H,42,44)/t27-,28?,29+,30-,31?,32?,35?,36+,37-/m1/s1. The molecule has 0 radical (unpaired) electrons. The van der Waals surface area contributed by atoms with Crippen LogP contribution < -0.4 is 27.0 Å². The molecule has 0 aromatic rings. The van der Waals surface area contributed by atoms with E-state index in [9.17, 15) is 9.59 Å². The second-order valence-electron chi connectivity index (χ2n) is 16.2. The first-order valence-corrected chi connectivity index (χ1v) is 18.8. The van der Waals surface area contributed by atoms with Gasteiger partial charge in [-0.1, -0.05) is 20.8 Å². The molecule has 7 nitrogen and oxygen atoms in total. The van der Waals surface area contributed by atoms with Crippen molar-refractivity contribution in [2.24, 2.45) is 52.1 Å². The van der Waals surface area contributed by atoms with Crippen molar-refractivity contribution in [2.45, 2.75) is 137 Å². The van der Waals surface area contributed by atoms with Crippen molar-refractivity contribution >= 4 is 11.7 Å². The van der Waals surface area contributed by atoms with Crippen LogP contribution in [0.15, 0.2) is 0 Å². The Hall–Kier alpha value is -1.02. The SMILES string of the molecule is CC(C)NC(=O)CC[C@@H](C)[C@H]1CCC2C3C(=O)CC4C[C@@H](NCCCNCCCCNCCCN)CC[C@]4(C)C3CC[C@@]21C. The molecule has 0 spiro atoms. The number of fused-ring (bicyclic) bond motifs is 5. The highest BCUT2D eigenvalue weighted by Crippen LogP contribution is 2.67. The van der Waals surface area contributed by atoms with E-state index in [0.717, 1.165) is 58.5 Å². The van der Waals surface area contributed by atoms with Gasteiger partial charge in [-0.3, -0.25) is 9.59 Å². The van der Waals surface area contributed by atoms with Crippen molar-refractivity contribution in [3.63, 3.8) is 0 Å². The summed E-state index contributed by atoms with van der Waals surface area (Å²) in [6.45, 7) is 17.7. The third-order valence-electron chi connectivity index (χ3n) is 13.0. The number of ketones is 1. The van der Waals surface area contributed by atoms with Crippen molar-refractivity contribution in [2.75, 3.05) is 39.3 Å². The molecule has 0 heterocycles. The van der Waals surface area contributed by atoms with E-state index >= 15 is 0 Å². The fourth-order valence-electron chi connectivity index (χ4n) is 10.5. The van der Waals surface area contributed by atoms with E-state index in [0.29, 0.717) is 53.3 Å². The number of amides is 1. The Morgan fingerprint density at radius 1 is 0.864 bits per heavy atom. The maximum absolute atomic E-state index is 14.0. The van der Waals surface area contributed by atoms with E-state index in [1.165, 1.54) is 64.2 Å². The van der Waals surface area contributed by atoms with Crippen molar-refractivity contribution in [1.82, 2.24) is 21.3 Å². The van der Waals surface area contributed by atoms with Crippen molar-refractivity contribution in [3.05, 3.63) is 0 Å². The Kier molecular flexibility index (Phi) is 13.6. The van der Waals surface area contributed by atoms with E-state index in [4.69, 9.17) is 5.73 Å². The summed E-state index contributed by atoms with van der Waals surface area (Å²) in [6, 6.07) is 0.771. The molecule has 4 aliphatic rings. The lowest BCUT2D eigenvalue weighted by Crippen LogP contribution is -2.58.